The summed E-state index contributed by atoms with van der Waals surface area (Å²) in [4.78, 5) is 19.9. The van der Waals surface area contributed by atoms with Crippen molar-refractivity contribution >= 4 is 11.7 Å². The minimum absolute atomic E-state index is 0.00411. The smallest absolute Gasteiger partial charge is 0.255 e. The van der Waals surface area contributed by atoms with E-state index in [0.29, 0.717) is 24.5 Å². The van der Waals surface area contributed by atoms with Crippen LogP contribution in [0.3, 0.4) is 0 Å². The molecule has 6 heteroatoms. The fraction of sp³-hybridized carbons (Fsp3) is 0.500. The van der Waals surface area contributed by atoms with E-state index in [1.807, 2.05) is 7.05 Å². The molecule has 3 N–H and O–H groups in total. The lowest BCUT2D eigenvalue weighted by molar-refractivity contribution is 0.0420. The van der Waals surface area contributed by atoms with Crippen LogP contribution in [0.5, 0.6) is 0 Å². The molecule has 0 aliphatic carbocycles. The summed E-state index contributed by atoms with van der Waals surface area (Å²) in [5, 5.41) is 9.26. The van der Waals surface area contributed by atoms with Gasteiger partial charge in [-0.2, -0.15) is 0 Å². The molecule has 0 aromatic carbocycles. The maximum atomic E-state index is 12.2. The van der Waals surface area contributed by atoms with Crippen molar-refractivity contribution in [2.45, 2.75) is 6.04 Å². The van der Waals surface area contributed by atoms with Gasteiger partial charge in [-0.3, -0.25) is 9.69 Å². The summed E-state index contributed by atoms with van der Waals surface area (Å²) >= 11 is 0. The van der Waals surface area contributed by atoms with Crippen LogP contribution in [0, 0.1) is 0 Å². The van der Waals surface area contributed by atoms with E-state index in [1.165, 1.54) is 6.20 Å². The molecule has 1 fully saturated rings. The number of aliphatic hydroxyl groups is 1. The lowest BCUT2D eigenvalue weighted by atomic mass is 10.1. The normalized spacial score (nSPS) is 21.0. The van der Waals surface area contributed by atoms with E-state index in [9.17, 15) is 9.90 Å². The maximum absolute atomic E-state index is 12.2. The standard InChI is InChI=1S/C12H18N4O2/c1-15-4-5-16(7-10(15)8-17)12(18)9-2-3-11(13)14-6-9/h2-3,6,10,17H,4-5,7-8H2,1H3,(H2,13,14)/t10-/m1/s1. The van der Waals surface area contributed by atoms with Crippen molar-refractivity contribution in [1.29, 1.82) is 0 Å². The van der Waals surface area contributed by atoms with Crippen molar-refractivity contribution in [3.8, 4) is 0 Å². The highest BCUT2D eigenvalue weighted by molar-refractivity contribution is 5.94. The van der Waals surface area contributed by atoms with E-state index in [2.05, 4.69) is 9.88 Å². The fourth-order valence-electron chi connectivity index (χ4n) is 2.04. The third kappa shape index (κ3) is 2.60. The highest BCUT2D eigenvalue weighted by Crippen LogP contribution is 2.12. The van der Waals surface area contributed by atoms with E-state index in [4.69, 9.17) is 5.73 Å². The zero-order chi connectivity index (χ0) is 13.1. The molecule has 0 radical (unpaired) electrons. The lowest BCUT2D eigenvalue weighted by Crippen LogP contribution is -2.54. The molecule has 0 bridgehead atoms. The number of piperazine rings is 1. The summed E-state index contributed by atoms with van der Waals surface area (Å²) in [7, 11) is 1.95. The average Bonchev–Trinajstić information content (AvgIpc) is 2.39. The van der Waals surface area contributed by atoms with Gasteiger partial charge in [-0.25, -0.2) is 4.98 Å². The van der Waals surface area contributed by atoms with Crippen LogP contribution in [0.2, 0.25) is 0 Å². The number of pyridine rings is 1. The Kier molecular flexibility index (Phi) is 3.78. The lowest BCUT2D eigenvalue weighted by Gasteiger charge is -2.38. The number of rotatable bonds is 2. The molecule has 98 valence electrons. The number of nitrogens with zero attached hydrogens (tertiary/aromatic N) is 3. The van der Waals surface area contributed by atoms with Gasteiger partial charge in [-0.1, -0.05) is 0 Å². The van der Waals surface area contributed by atoms with Crippen molar-refractivity contribution in [1.82, 2.24) is 14.8 Å². The third-order valence-corrected chi connectivity index (χ3v) is 3.31. The van der Waals surface area contributed by atoms with Crippen molar-refractivity contribution < 1.29 is 9.90 Å². The number of carbonyl (C=O) groups is 1. The first-order valence-corrected chi connectivity index (χ1v) is 5.93. The first-order valence-electron chi connectivity index (χ1n) is 5.93. The van der Waals surface area contributed by atoms with Crippen LogP contribution < -0.4 is 5.73 Å². The Morgan fingerprint density at radius 2 is 2.33 bits per heavy atom. The molecule has 1 aromatic rings. The van der Waals surface area contributed by atoms with Crippen LogP contribution in [-0.4, -0.2) is 65.1 Å². The van der Waals surface area contributed by atoms with Gasteiger partial charge in [-0.05, 0) is 19.2 Å². The predicted molar refractivity (Wildman–Crippen MR) is 68.1 cm³/mol. The summed E-state index contributed by atoms with van der Waals surface area (Å²) < 4.78 is 0. The Labute approximate surface area is 106 Å². The molecule has 0 spiro atoms. The van der Waals surface area contributed by atoms with E-state index in [-0.39, 0.29) is 18.6 Å². The quantitative estimate of drug-likeness (QED) is 0.733. The predicted octanol–water partition coefficient (Wildman–Crippen LogP) is -0.588. The molecule has 1 saturated heterocycles. The van der Waals surface area contributed by atoms with E-state index >= 15 is 0 Å². The number of aliphatic hydroxyl groups excluding tert-OH is 1. The molecule has 1 amide bonds. The Hall–Kier alpha value is -1.66. The molecule has 1 aromatic heterocycles. The fourth-order valence-corrected chi connectivity index (χ4v) is 2.04. The molecule has 1 aliphatic rings. The van der Waals surface area contributed by atoms with Gasteiger partial charge in [-0.15, -0.1) is 0 Å². The number of hydrogen-bond acceptors (Lipinski definition) is 5. The second-order valence-corrected chi connectivity index (χ2v) is 4.54. The van der Waals surface area contributed by atoms with Gasteiger partial charge in [0.1, 0.15) is 5.82 Å². The first-order chi connectivity index (χ1) is 8.61. The first kappa shape index (κ1) is 12.8. The molecular formula is C12H18N4O2. The molecule has 0 unspecified atom stereocenters. The second-order valence-electron chi connectivity index (χ2n) is 4.54. The molecule has 2 heterocycles. The van der Waals surface area contributed by atoms with Gasteiger partial charge in [0.05, 0.1) is 18.2 Å². The van der Waals surface area contributed by atoms with Gasteiger partial charge in [0, 0.05) is 25.8 Å². The van der Waals surface area contributed by atoms with E-state index < -0.39 is 0 Å². The van der Waals surface area contributed by atoms with E-state index in [0.717, 1.165) is 6.54 Å². The van der Waals surface area contributed by atoms with E-state index in [1.54, 1.807) is 17.0 Å². The van der Waals surface area contributed by atoms with Crippen LogP contribution >= 0.6 is 0 Å². The highest BCUT2D eigenvalue weighted by Gasteiger charge is 2.27. The van der Waals surface area contributed by atoms with Gasteiger partial charge >= 0.3 is 0 Å². The van der Waals surface area contributed by atoms with Gasteiger partial charge < -0.3 is 15.7 Å². The SMILES string of the molecule is CN1CCN(C(=O)c2ccc(N)nc2)C[C@@H]1CO. The van der Waals surface area contributed by atoms with Gasteiger partial charge in [0.2, 0.25) is 0 Å². The summed E-state index contributed by atoms with van der Waals surface area (Å²) in [5.74, 6) is 0.340. The van der Waals surface area contributed by atoms with Crippen molar-refractivity contribution in [3.63, 3.8) is 0 Å². The highest BCUT2D eigenvalue weighted by atomic mass is 16.3. The van der Waals surface area contributed by atoms with Crippen LogP contribution in [0.1, 0.15) is 10.4 Å². The van der Waals surface area contributed by atoms with Crippen LogP contribution in [-0.2, 0) is 0 Å². The van der Waals surface area contributed by atoms with Crippen molar-refractivity contribution in [3.05, 3.63) is 23.9 Å². The molecule has 1 atom stereocenters. The summed E-state index contributed by atoms with van der Waals surface area (Å²) in [6.45, 7) is 2.02. The minimum Gasteiger partial charge on any atom is -0.395 e. The number of hydrogen-bond donors (Lipinski definition) is 2. The van der Waals surface area contributed by atoms with Crippen LogP contribution in [0.15, 0.2) is 18.3 Å². The zero-order valence-corrected chi connectivity index (χ0v) is 10.4. The Morgan fingerprint density at radius 3 is 2.94 bits per heavy atom. The number of anilines is 1. The van der Waals surface area contributed by atoms with Crippen LogP contribution in [0.4, 0.5) is 5.82 Å². The molecule has 18 heavy (non-hydrogen) atoms. The summed E-state index contributed by atoms with van der Waals surface area (Å²) in [5.41, 5.74) is 6.02. The largest absolute Gasteiger partial charge is 0.395 e. The summed E-state index contributed by atoms with van der Waals surface area (Å²) in [6.07, 6.45) is 1.49. The Bertz CT molecular complexity index is 421. The average molecular weight is 250 g/mol. The number of aromatic nitrogens is 1. The maximum Gasteiger partial charge on any atom is 0.255 e. The number of carbonyl (C=O) groups excluding carboxylic acids is 1. The number of amides is 1. The number of likely N-dealkylation sites (N-methyl/N-ethyl adjacent to an activating group) is 1. The monoisotopic (exact) mass is 250 g/mol. The zero-order valence-electron chi connectivity index (χ0n) is 10.4. The molecule has 0 saturated carbocycles. The molecular weight excluding hydrogens is 232 g/mol. The molecule has 2 rings (SSSR count). The van der Waals surface area contributed by atoms with Crippen molar-refractivity contribution in [2.75, 3.05) is 39.0 Å². The number of nitrogen functional groups attached to an aromatic ring is 1. The third-order valence-electron chi connectivity index (χ3n) is 3.31. The van der Waals surface area contributed by atoms with Crippen LogP contribution in [0.25, 0.3) is 0 Å². The van der Waals surface area contributed by atoms with Gasteiger partial charge in [0.15, 0.2) is 0 Å². The topological polar surface area (TPSA) is 82.7 Å². The Balaban J connectivity index is 2.07. The molecule has 1 aliphatic heterocycles. The molecule has 6 nitrogen and oxygen atoms in total. The number of nitrogens with two attached hydrogens (primary N) is 1. The minimum atomic E-state index is -0.0611. The summed E-state index contributed by atoms with van der Waals surface area (Å²) in [6, 6.07) is 3.30. The van der Waals surface area contributed by atoms with Crippen molar-refractivity contribution in [2.24, 2.45) is 0 Å². The Morgan fingerprint density at radius 1 is 1.56 bits per heavy atom. The van der Waals surface area contributed by atoms with Gasteiger partial charge in [0.25, 0.3) is 5.91 Å². The second kappa shape index (κ2) is 5.32.